The van der Waals surface area contributed by atoms with Crippen molar-refractivity contribution >= 4 is 5.96 Å². The lowest BCUT2D eigenvalue weighted by Crippen LogP contribution is -2.37. The molecule has 26 heavy (non-hydrogen) atoms. The predicted molar refractivity (Wildman–Crippen MR) is 107 cm³/mol. The van der Waals surface area contributed by atoms with E-state index in [0.717, 1.165) is 42.4 Å². The van der Waals surface area contributed by atoms with Crippen molar-refractivity contribution in [1.82, 2.24) is 10.6 Å². The maximum absolute atomic E-state index is 5.66. The zero-order valence-electron chi connectivity index (χ0n) is 15.9. The predicted octanol–water partition coefficient (Wildman–Crippen LogP) is 3.39. The molecular weight excluding hydrogens is 326 g/mol. The minimum Gasteiger partial charge on any atom is -0.497 e. The summed E-state index contributed by atoms with van der Waals surface area (Å²) in [5, 5.41) is 6.70. The second kappa shape index (κ2) is 11.0. The second-order valence-electron chi connectivity index (χ2n) is 5.84. The van der Waals surface area contributed by atoms with E-state index in [1.165, 1.54) is 5.56 Å². The van der Waals surface area contributed by atoms with Crippen LogP contribution in [-0.2, 0) is 13.0 Å². The van der Waals surface area contributed by atoms with E-state index in [4.69, 9.17) is 9.47 Å². The number of aliphatic imine (C=N–C) groups is 1. The summed E-state index contributed by atoms with van der Waals surface area (Å²) in [6.07, 6.45) is 2.05. The van der Waals surface area contributed by atoms with Crippen molar-refractivity contribution in [2.45, 2.75) is 26.3 Å². The van der Waals surface area contributed by atoms with Crippen molar-refractivity contribution in [1.29, 1.82) is 0 Å². The summed E-state index contributed by atoms with van der Waals surface area (Å²) >= 11 is 0. The van der Waals surface area contributed by atoms with Crippen LogP contribution in [0.5, 0.6) is 11.5 Å². The van der Waals surface area contributed by atoms with E-state index in [-0.39, 0.29) is 0 Å². The van der Waals surface area contributed by atoms with Crippen molar-refractivity contribution in [3.63, 3.8) is 0 Å². The van der Waals surface area contributed by atoms with Crippen LogP contribution in [0.15, 0.2) is 53.5 Å². The summed E-state index contributed by atoms with van der Waals surface area (Å²) in [6, 6.07) is 16.3. The van der Waals surface area contributed by atoms with Crippen molar-refractivity contribution in [3.8, 4) is 11.5 Å². The number of hydrogen-bond acceptors (Lipinski definition) is 3. The molecule has 0 aliphatic carbocycles. The number of nitrogens with one attached hydrogen (secondary N) is 2. The SMILES string of the molecule is CCOc1ccccc1CNC(=NC)NCCCc1ccc(OC)cc1. The molecule has 5 nitrogen and oxygen atoms in total. The summed E-state index contributed by atoms with van der Waals surface area (Å²) < 4.78 is 10.8. The van der Waals surface area contributed by atoms with E-state index in [1.54, 1.807) is 14.2 Å². The summed E-state index contributed by atoms with van der Waals surface area (Å²) in [5.74, 6) is 2.60. The maximum Gasteiger partial charge on any atom is 0.191 e. The molecule has 2 aromatic carbocycles. The second-order valence-corrected chi connectivity index (χ2v) is 5.84. The first-order valence-electron chi connectivity index (χ1n) is 9.05. The van der Waals surface area contributed by atoms with Gasteiger partial charge in [0.05, 0.1) is 13.7 Å². The molecule has 0 saturated heterocycles. The first-order chi connectivity index (χ1) is 12.8. The molecule has 2 rings (SSSR count). The zero-order valence-corrected chi connectivity index (χ0v) is 15.9. The number of hydrogen-bond donors (Lipinski definition) is 2. The van der Waals surface area contributed by atoms with Gasteiger partial charge in [-0.25, -0.2) is 0 Å². The highest BCUT2D eigenvalue weighted by atomic mass is 16.5. The summed E-state index contributed by atoms with van der Waals surface area (Å²) in [5.41, 5.74) is 2.43. The van der Waals surface area contributed by atoms with E-state index >= 15 is 0 Å². The molecule has 0 aliphatic rings. The fourth-order valence-corrected chi connectivity index (χ4v) is 2.64. The monoisotopic (exact) mass is 355 g/mol. The molecule has 0 unspecified atom stereocenters. The Kier molecular flexibility index (Phi) is 8.33. The van der Waals surface area contributed by atoms with Gasteiger partial charge in [0.25, 0.3) is 0 Å². The van der Waals surface area contributed by atoms with Crippen molar-refractivity contribution < 1.29 is 9.47 Å². The first-order valence-corrected chi connectivity index (χ1v) is 9.05. The lowest BCUT2D eigenvalue weighted by Gasteiger charge is -2.14. The summed E-state index contributed by atoms with van der Waals surface area (Å²) in [4.78, 5) is 4.28. The fraction of sp³-hybridized carbons (Fsp3) is 0.381. The molecule has 0 fully saturated rings. The zero-order chi connectivity index (χ0) is 18.6. The van der Waals surface area contributed by atoms with E-state index in [2.05, 4.69) is 33.8 Å². The molecule has 0 bridgehead atoms. The largest absolute Gasteiger partial charge is 0.497 e. The van der Waals surface area contributed by atoms with Gasteiger partial charge in [-0.3, -0.25) is 4.99 Å². The average molecular weight is 355 g/mol. The van der Waals surface area contributed by atoms with Crippen LogP contribution in [-0.4, -0.2) is 33.3 Å². The van der Waals surface area contributed by atoms with Crippen LogP contribution >= 0.6 is 0 Å². The van der Waals surface area contributed by atoms with Gasteiger partial charge in [0.1, 0.15) is 11.5 Å². The molecule has 0 spiro atoms. The number of rotatable bonds is 9. The van der Waals surface area contributed by atoms with Gasteiger partial charge >= 0.3 is 0 Å². The molecule has 0 heterocycles. The lowest BCUT2D eigenvalue weighted by atomic mass is 10.1. The molecule has 0 radical (unpaired) electrons. The van der Waals surface area contributed by atoms with Crippen LogP contribution < -0.4 is 20.1 Å². The minimum atomic E-state index is 0.662. The average Bonchev–Trinajstić information content (AvgIpc) is 2.69. The Labute approximate surface area is 156 Å². The molecule has 2 aromatic rings. The van der Waals surface area contributed by atoms with Crippen LogP contribution in [0.3, 0.4) is 0 Å². The van der Waals surface area contributed by atoms with Crippen LogP contribution in [0.1, 0.15) is 24.5 Å². The van der Waals surface area contributed by atoms with E-state index in [9.17, 15) is 0 Å². The van der Waals surface area contributed by atoms with E-state index < -0.39 is 0 Å². The number of methoxy groups -OCH3 is 1. The molecule has 2 N–H and O–H groups in total. The van der Waals surface area contributed by atoms with Crippen LogP contribution in [0.25, 0.3) is 0 Å². The highest BCUT2D eigenvalue weighted by Crippen LogP contribution is 2.17. The topological polar surface area (TPSA) is 54.9 Å². The van der Waals surface area contributed by atoms with Crippen molar-refractivity contribution in [2.75, 3.05) is 27.3 Å². The van der Waals surface area contributed by atoms with Crippen molar-refractivity contribution in [2.24, 2.45) is 4.99 Å². The Morgan fingerprint density at radius 2 is 1.81 bits per heavy atom. The van der Waals surface area contributed by atoms with Crippen LogP contribution in [0, 0.1) is 0 Å². The molecule has 140 valence electrons. The number of para-hydroxylation sites is 1. The Balaban J connectivity index is 1.74. The molecular formula is C21H29N3O2. The van der Waals surface area contributed by atoms with Gasteiger partial charge in [-0.15, -0.1) is 0 Å². The van der Waals surface area contributed by atoms with Crippen molar-refractivity contribution in [3.05, 3.63) is 59.7 Å². The third-order valence-electron chi connectivity index (χ3n) is 4.04. The number of nitrogens with zero attached hydrogens (tertiary/aromatic N) is 1. The van der Waals surface area contributed by atoms with E-state index in [1.807, 2.05) is 37.3 Å². The first kappa shape index (κ1) is 19.6. The molecule has 5 heteroatoms. The molecule has 0 aliphatic heterocycles. The smallest absolute Gasteiger partial charge is 0.191 e. The Hall–Kier alpha value is -2.69. The van der Waals surface area contributed by atoms with Crippen LogP contribution in [0.2, 0.25) is 0 Å². The third-order valence-corrected chi connectivity index (χ3v) is 4.04. The van der Waals surface area contributed by atoms with Gasteiger partial charge in [0.2, 0.25) is 0 Å². The highest BCUT2D eigenvalue weighted by Gasteiger charge is 2.04. The normalized spacial score (nSPS) is 11.1. The standard InChI is InChI=1S/C21H29N3O2/c1-4-26-20-10-6-5-9-18(20)16-24-21(22-2)23-15-7-8-17-11-13-19(25-3)14-12-17/h5-6,9-14H,4,7-8,15-16H2,1-3H3,(H2,22,23,24). The van der Waals surface area contributed by atoms with Gasteiger partial charge in [0, 0.05) is 25.7 Å². The van der Waals surface area contributed by atoms with Gasteiger partial charge in [-0.05, 0) is 43.5 Å². The Morgan fingerprint density at radius 3 is 2.50 bits per heavy atom. The van der Waals surface area contributed by atoms with Gasteiger partial charge < -0.3 is 20.1 Å². The Bertz CT molecular complexity index is 684. The molecule has 0 aromatic heterocycles. The number of benzene rings is 2. The van der Waals surface area contributed by atoms with Gasteiger partial charge in [-0.2, -0.15) is 0 Å². The number of ether oxygens (including phenoxy) is 2. The van der Waals surface area contributed by atoms with E-state index in [0.29, 0.717) is 13.2 Å². The molecule has 0 amide bonds. The minimum absolute atomic E-state index is 0.662. The van der Waals surface area contributed by atoms with Crippen LogP contribution in [0.4, 0.5) is 0 Å². The highest BCUT2D eigenvalue weighted by molar-refractivity contribution is 5.79. The maximum atomic E-state index is 5.66. The lowest BCUT2D eigenvalue weighted by molar-refractivity contribution is 0.336. The quantitative estimate of drug-likeness (QED) is 0.411. The molecule has 0 saturated carbocycles. The number of aryl methyl sites for hydroxylation is 1. The number of guanidine groups is 1. The van der Waals surface area contributed by atoms with Gasteiger partial charge in [-0.1, -0.05) is 30.3 Å². The summed E-state index contributed by atoms with van der Waals surface area (Å²) in [7, 11) is 3.47. The third kappa shape index (κ3) is 6.31. The van der Waals surface area contributed by atoms with Gasteiger partial charge in [0.15, 0.2) is 5.96 Å². The Morgan fingerprint density at radius 1 is 1.04 bits per heavy atom. The summed E-state index contributed by atoms with van der Waals surface area (Å²) in [6.45, 7) is 4.19. The molecule has 0 atom stereocenters. The fourth-order valence-electron chi connectivity index (χ4n) is 2.64.